The molecule has 0 aliphatic carbocycles. The summed E-state index contributed by atoms with van der Waals surface area (Å²) >= 11 is 0. The third kappa shape index (κ3) is 4.31. The van der Waals surface area contributed by atoms with Gasteiger partial charge in [0.25, 0.3) is 5.91 Å². The van der Waals surface area contributed by atoms with Crippen LogP contribution >= 0.6 is 0 Å². The van der Waals surface area contributed by atoms with Crippen molar-refractivity contribution in [2.45, 2.75) is 20.3 Å². The fourth-order valence-corrected chi connectivity index (χ4v) is 3.69. The summed E-state index contributed by atoms with van der Waals surface area (Å²) < 4.78 is 5.35. The molecule has 1 saturated heterocycles. The molecule has 0 aromatic heterocycles. The van der Waals surface area contributed by atoms with Crippen molar-refractivity contribution in [3.05, 3.63) is 60.2 Å². The summed E-state index contributed by atoms with van der Waals surface area (Å²) in [6.45, 7) is 5.57. The smallest absolute Gasteiger partial charge is 0.339 e. The molecule has 4 heteroatoms. The van der Waals surface area contributed by atoms with Crippen LogP contribution in [0.25, 0.3) is 11.1 Å². The number of likely N-dealkylation sites (tertiary alicyclic amines) is 1. The summed E-state index contributed by atoms with van der Waals surface area (Å²) in [7, 11) is 0. The van der Waals surface area contributed by atoms with Crippen molar-refractivity contribution in [2.24, 2.45) is 11.8 Å². The number of rotatable bonds is 4. The quantitative estimate of drug-likeness (QED) is 0.782. The van der Waals surface area contributed by atoms with Crippen molar-refractivity contribution in [3.8, 4) is 11.1 Å². The molecular weight excluding hydrogens is 326 g/mol. The number of carbonyl (C=O) groups excluding carboxylic acids is 2. The van der Waals surface area contributed by atoms with Crippen LogP contribution in [0.3, 0.4) is 0 Å². The van der Waals surface area contributed by atoms with Crippen molar-refractivity contribution < 1.29 is 14.3 Å². The predicted molar refractivity (Wildman–Crippen MR) is 102 cm³/mol. The molecule has 4 nitrogen and oxygen atoms in total. The maximum absolute atomic E-state index is 12.6. The highest BCUT2D eigenvalue weighted by Gasteiger charge is 2.26. The molecule has 3 rings (SSSR count). The van der Waals surface area contributed by atoms with Crippen molar-refractivity contribution in [1.82, 2.24) is 4.90 Å². The van der Waals surface area contributed by atoms with Crippen molar-refractivity contribution in [1.29, 1.82) is 0 Å². The zero-order chi connectivity index (χ0) is 18.5. The Morgan fingerprint density at radius 2 is 1.58 bits per heavy atom. The monoisotopic (exact) mass is 351 g/mol. The topological polar surface area (TPSA) is 46.6 Å². The summed E-state index contributed by atoms with van der Waals surface area (Å²) in [5, 5.41) is 0. The SMILES string of the molecule is C[C@@H]1C[C@@H](C)CN(C(=O)COC(=O)c2ccccc2-c2ccccc2)C1. The van der Waals surface area contributed by atoms with E-state index in [-0.39, 0.29) is 12.5 Å². The van der Waals surface area contributed by atoms with E-state index in [4.69, 9.17) is 4.74 Å². The highest BCUT2D eigenvalue weighted by atomic mass is 16.5. The van der Waals surface area contributed by atoms with Crippen LogP contribution in [0.5, 0.6) is 0 Å². The Morgan fingerprint density at radius 1 is 0.962 bits per heavy atom. The minimum absolute atomic E-state index is 0.117. The van der Waals surface area contributed by atoms with Crippen LogP contribution in [0.15, 0.2) is 54.6 Å². The molecular formula is C22H25NO3. The molecule has 2 atom stereocenters. The largest absolute Gasteiger partial charge is 0.452 e. The molecule has 0 radical (unpaired) electrons. The molecule has 0 spiro atoms. The number of ether oxygens (including phenoxy) is 1. The predicted octanol–water partition coefficient (Wildman–Crippen LogP) is 4.01. The number of nitrogens with zero attached hydrogens (tertiary/aromatic N) is 1. The van der Waals surface area contributed by atoms with Gasteiger partial charge in [0.1, 0.15) is 0 Å². The van der Waals surface area contributed by atoms with Gasteiger partial charge in [0, 0.05) is 13.1 Å². The molecule has 2 aromatic carbocycles. The molecule has 1 aliphatic rings. The highest BCUT2D eigenvalue weighted by Crippen LogP contribution is 2.24. The number of benzene rings is 2. The van der Waals surface area contributed by atoms with Crippen LogP contribution in [0, 0.1) is 11.8 Å². The minimum Gasteiger partial charge on any atom is -0.452 e. The summed E-state index contributed by atoms with van der Waals surface area (Å²) in [5.74, 6) is 0.388. The first kappa shape index (κ1) is 18.2. The normalized spacial score (nSPS) is 19.8. The molecule has 0 saturated carbocycles. The Hall–Kier alpha value is -2.62. The lowest BCUT2D eigenvalue weighted by Gasteiger charge is -2.34. The van der Waals surface area contributed by atoms with Gasteiger partial charge in [0.15, 0.2) is 6.61 Å². The van der Waals surface area contributed by atoms with E-state index >= 15 is 0 Å². The van der Waals surface area contributed by atoms with Crippen LogP contribution in [-0.4, -0.2) is 36.5 Å². The first-order valence-electron chi connectivity index (χ1n) is 9.14. The first-order chi connectivity index (χ1) is 12.5. The van der Waals surface area contributed by atoms with Crippen LogP contribution < -0.4 is 0 Å². The maximum atomic E-state index is 12.6. The number of piperidine rings is 1. The van der Waals surface area contributed by atoms with Gasteiger partial charge in [0.05, 0.1) is 5.56 Å². The highest BCUT2D eigenvalue weighted by molar-refractivity contribution is 5.98. The summed E-state index contributed by atoms with van der Waals surface area (Å²) in [6, 6.07) is 17.0. The maximum Gasteiger partial charge on any atom is 0.339 e. The van der Waals surface area contributed by atoms with Crippen LogP contribution in [0.1, 0.15) is 30.6 Å². The first-order valence-corrected chi connectivity index (χ1v) is 9.14. The van der Waals surface area contributed by atoms with E-state index in [0.29, 0.717) is 17.4 Å². The van der Waals surface area contributed by atoms with E-state index in [1.807, 2.05) is 47.4 Å². The van der Waals surface area contributed by atoms with Crippen LogP contribution in [0.2, 0.25) is 0 Å². The number of hydrogen-bond donors (Lipinski definition) is 0. The number of esters is 1. The molecule has 26 heavy (non-hydrogen) atoms. The third-order valence-electron chi connectivity index (χ3n) is 4.78. The Labute approximate surface area is 154 Å². The molecule has 0 N–H and O–H groups in total. The van der Waals surface area contributed by atoms with E-state index in [0.717, 1.165) is 30.6 Å². The average Bonchev–Trinajstić information content (AvgIpc) is 2.65. The van der Waals surface area contributed by atoms with E-state index < -0.39 is 5.97 Å². The van der Waals surface area contributed by atoms with E-state index in [1.54, 1.807) is 12.1 Å². The van der Waals surface area contributed by atoms with Gasteiger partial charge in [-0.1, -0.05) is 62.4 Å². The van der Waals surface area contributed by atoms with Crippen molar-refractivity contribution >= 4 is 11.9 Å². The van der Waals surface area contributed by atoms with Crippen LogP contribution in [-0.2, 0) is 9.53 Å². The lowest BCUT2D eigenvalue weighted by atomic mass is 9.92. The zero-order valence-corrected chi connectivity index (χ0v) is 15.4. The van der Waals surface area contributed by atoms with Crippen LogP contribution in [0.4, 0.5) is 0 Å². The van der Waals surface area contributed by atoms with Gasteiger partial charge >= 0.3 is 5.97 Å². The van der Waals surface area contributed by atoms with Gasteiger partial charge in [-0.2, -0.15) is 0 Å². The van der Waals surface area contributed by atoms with Gasteiger partial charge in [0.2, 0.25) is 0 Å². The van der Waals surface area contributed by atoms with Gasteiger partial charge in [-0.25, -0.2) is 4.79 Å². The fraction of sp³-hybridized carbons (Fsp3) is 0.364. The van der Waals surface area contributed by atoms with E-state index in [1.165, 1.54) is 0 Å². The van der Waals surface area contributed by atoms with Crippen molar-refractivity contribution in [2.75, 3.05) is 19.7 Å². The zero-order valence-electron chi connectivity index (χ0n) is 15.4. The van der Waals surface area contributed by atoms with Gasteiger partial charge < -0.3 is 9.64 Å². The number of hydrogen-bond acceptors (Lipinski definition) is 3. The van der Waals surface area contributed by atoms with E-state index in [2.05, 4.69) is 13.8 Å². The molecule has 1 fully saturated rings. The molecule has 136 valence electrons. The molecule has 1 aliphatic heterocycles. The molecule has 0 unspecified atom stereocenters. The van der Waals surface area contributed by atoms with Gasteiger partial charge in [-0.05, 0) is 35.4 Å². The second kappa shape index (κ2) is 8.17. The standard InChI is InChI=1S/C22H25NO3/c1-16-12-17(2)14-23(13-16)21(24)15-26-22(25)20-11-7-6-10-19(20)18-8-4-3-5-9-18/h3-11,16-17H,12-15H2,1-2H3/t16-,17-/m1/s1. The fourth-order valence-electron chi connectivity index (χ4n) is 3.69. The minimum atomic E-state index is -0.462. The van der Waals surface area contributed by atoms with Gasteiger partial charge in [-0.3, -0.25) is 4.79 Å². The van der Waals surface area contributed by atoms with Gasteiger partial charge in [-0.15, -0.1) is 0 Å². The summed E-state index contributed by atoms with van der Waals surface area (Å²) in [5.41, 5.74) is 2.24. The molecule has 1 heterocycles. The lowest BCUT2D eigenvalue weighted by Crippen LogP contribution is -2.44. The Bertz CT molecular complexity index is 762. The number of amides is 1. The summed E-state index contributed by atoms with van der Waals surface area (Å²) in [6.07, 6.45) is 1.13. The Balaban J connectivity index is 1.67. The molecule has 1 amide bonds. The Kier molecular flexibility index (Phi) is 5.71. The lowest BCUT2D eigenvalue weighted by molar-refractivity contribution is -0.137. The van der Waals surface area contributed by atoms with E-state index in [9.17, 15) is 9.59 Å². The second-order valence-electron chi connectivity index (χ2n) is 7.23. The molecule has 2 aromatic rings. The van der Waals surface area contributed by atoms with Crippen molar-refractivity contribution in [3.63, 3.8) is 0 Å². The number of carbonyl (C=O) groups is 2. The Morgan fingerprint density at radius 3 is 2.27 bits per heavy atom. The average molecular weight is 351 g/mol. The second-order valence-corrected chi connectivity index (χ2v) is 7.23. The summed E-state index contributed by atoms with van der Waals surface area (Å²) in [4.78, 5) is 26.8. The molecule has 0 bridgehead atoms. The third-order valence-corrected chi connectivity index (χ3v) is 4.78.